The van der Waals surface area contributed by atoms with Crippen LogP contribution in [0.4, 0.5) is 10.5 Å². The van der Waals surface area contributed by atoms with Crippen molar-refractivity contribution in [2.24, 2.45) is 5.92 Å². The van der Waals surface area contributed by atoms with E-state index >= 15 is 0 Å². The van der Waals surface area contributed by atoms with Crippen molar-refractivity contribution in [3.63, 3.8) is 0 Å². The van der Waals surface area contributed by atoms with Crippen LogP contribution in [0.25, 0.3) is 0 Å². The summed E-state index contributed by atoms with van der Waals surface area (Å²) in [5, 5.41) is 5.98. The Morgan fingerprint density at radius 2 is 2.00 bits per heavy atom. The van der Waals surface area contributed by atoms with Gasteiger partial charge in [0.1, 0.15) is 5.75 Å². The van der Waals surface area contributed by atoms with Gasteiger partial charge < -0.3 is 20.1 Å². The molecule has 2 aromatic rings. The quantitative estimate of drug-likeness (QED) is 0.874. The third-order valence-corrected chi connectivity index (χ3v) is 4.42. The summed E-state index contributed by atoms with van der Waals surface area (Å²) in [6, 6.07) is 10.8. The largest absolute Gasteiger partial charge is 0.497 e. The predicted molar refractivity (Wildman–Crippen MR) is 95.7 cm³/mol. The van der Waals surface area contributed by atoms with E-state index in [1.165, 1.54) is 0 Å². The molecule has 1 aromatic carbocycles. The molecule has 0 aliphatic carbocycles. The number of urea groups is 1. The van der Waals surface area contributed by atoms with Crippen LogP contribution < -0.4 is 15.4 Å². The van der Waals surface area contributed by atoms with Crippen LogP contribution in [0.2, 0.25) is 0 Å². The number of carbonyl (C=O) groups excluding carboxylic acids is 1. The molecule has 1 aromatic heterocycles. The molecule has 0 spiro atoms. The van der Waals surface area contributed by atoms with Crippen LogP contribution in [0.5, 0.6) is 5.75 Å². The Morgan fingerprint density at radius 1 is 1.24 bits per heavy atom. The van der Waals surface area contributed by atoms with Gasteiger partial charge >= 0.3 is 6.03 Å². The van der Waals surface area contributed by atoms with E-state index in [9.17, 15) is 4.79 Å². The zero-order valence-electron chi connectivity index (χ0n) is 14.3. The summed E-state index contributed by atoms with van der Waals surface area (Å²) in [6.07, 6.45) is 5.39. The van der Waals surface area contributed by atoms with Gasteiger partial charge in [0.05, 0.1) is 13.2 Å². The summed E-state index contributed by atoms with van der Waals surface area (Å²) in [5.41, 5.74) is 1.73. The normalized spacial score (nSPS) is 16.0. The highest BCUT2D eigenvalue weighted by Crippen LogP contribution is 2.29. The Morgan fingerprint density at radius 3 is 2.64 bits per heavy atom. The number of aromatic nitrogens is 1. The Bertz CT molecular complexity index is 670. The first kappa shape index (κ1) is 17.2. The van der Waals surface area contributed by atoms with Crippen molar-refractivity contribution in [2.45, 2.75) is 18.9 Å². The molecule has 3 rings (SSSR count). The Labute approximate surface area is 147 Å². The lowest BCUT2D eigenvalue weighted by molar-refractivity contribution is 0.0550. The van der Waals surface area contributed by atoms with Gasteiger partial charge in [0.2, 0.25) is 0 Å². The number of carbonyl (C=O) groups is 1. The lowest BCUT2D eigenvalue weighted by Gasteiger charge is -2.31. The second kappa shape index (κ2) is 8.48. The van der Waals surface area contributed by atoms with Gasteiger partial charge in [-0.1, -0.05) is 6.07 Å². The first-order valence-corrected chi connectivity index (χ1v) is 8.45. The number of pyridine rings is 1. The van der Waals surface area contributed by atoms with Gasteiger partial charge in [-0.3, -0.25) is 4.98 Å². The maximum atomic E-state index is 12.5. The van der Waals surface area contributed by atoms with Crippen molar-refractivity contribution < 1.29 is 14.3 Å². The molecule has 1 aliphatic rings. The Balaban J connectivity index is 1.69. The van der Waals surface area contributed by atoms with Crippen LogP contribution in [0.3, 0.4) is 0 Å². The van der Waals surface area contributed by atoms with E-state index in [1.54, 1.807) is 13.3 Å². The van der Waals surface area contributed by atoms with E-state index in [-0.39, 0.29) is 12.1 Å². The minimum atomic E-state index is -0.231. The van der Waals surface area contributed by atoms with Crippen LogP contribution in [0, 0.1) is 5.92 Å². The molecular formula is C19H23N3O3. The molecule has 1 unspecified atom stereocenters. The van der Waals surface area contributed by atoms with Gasteiger partial charge in [-0.2, -0.15) is 0 Å². The third-order valence-electron chi connectivity index (χ3n) is 4.42. The van der Waals surface area contributed by atoms with Gasteiger partial charge in [0.25, 0.3) is 0 Å². The van der Waals surface area contributed by atoms with Gasteiger partial charge in [0.15, 0.2) is 0 Å². The van der Waals surface area contributed by atoms with Crippen LogP contribution in [-0.2, 0) is 4.74 Å². The smallest absolute Gasteiger partial charge is 0.319 e. The lowest BCUT2D eigenvalue weighted by Crippen LogP contribution is -2.38. The molecule has 0 saturated carbocycles. The van der Waals surface area contributed by atoms with E-state index in [0.29, 0.717) is 5.92 Å². The molecule has 1 aliphatic heterocycles. The van der Waals surface area contributed by atoms with Crippen molar-refractivity contribution in [3.8, 4) is 5.75 Å². The number of nitrogens with one attached hydrogen (secondary N) is 2. The minimum absolute atomic E-state index is 0.0872. The Hall–Kier alpha value is -2.60. The fraction of sp³-hybridized carbons (Fsp3) is 0.368. The topological polar surface area (TPSA) is 72.5 Å². The monoisotopic (exact) mass is 341 g/mol. The van der Waals surface area contributed by atoms with Gasteiger partial charge in [0, 0.05) is 31.3 Å². The second-order valence-corrected chi connectivity index (χ2v) is 6.04. The molecule has 6 nitrogen and oxygen atoms in total. The minimum Gasteiger partial charge on any atom is -0.497 e. The molecule has 1 atom stereocenters. The SMILES string of the molecule is COc1ccc(NC(=O)NC(c2cccnc2)C2CCOCC2)cc1. The van der Waals surface area contributed by atoms with E-state index in [4.69, 9.17) is 9.47 Å². The Kier molecular flexibility index (Phi) is 5.85. The molecule has 6 heteroatoms. The summed E-state index contributed by atoms with van der Waals surface area (Å²) in [4.78, 5) is 16.7. The van der Waals surface area contributed by atoms with E-state index in [0.717, 1.165) is 43.1 Å². The first-order valence-electron chi connectivity index (χ1n) is 8.45. The average molecular weight is 341 g/mol. The van der Waals surface area contributed by atoms with Gasteiger partial charge in [-0.05, 0) is 54.7 Å². The standard InChI is InChI=1S/C19H23N3O3/c1-24-17-6-4-16(5-7-17)21-19(23)22-18(14-8-11-25-12-9-14)15-3-2-10-20-13-15/h2-7,10,13-14,18H,8-9,11-12H2,1H3,(H2,21,22,23). The van der Waals surface area contributed by atoms with Crippen LogP contribution in [-0.4, -0.2) is 31.3 Å². The predicted octanol–water partition coefficient (Wildman–Crippen LogP) is 3.38. The fourth-order valence-electron chi connectivity index (χ4n) is 3.07. The molecule has 0 bridgehead atoms. The van der Waals surface area contributed by atoms with E-state index < -0.39 is 0 Å². The average Bonchev–Trinajstić information content (AvgIpc) is 2.68. The fourth-order valence-corrected chi connectivity index (χ4v) is 3.07. The summed E-state index contributed by atoms with van der Waals surface area (Å²) in [6.45, 7) is 1.45. The van der Waals surface area contributed by atoms with Crippen LogP contribution in [0.15, 0.2) is 48.8 Å². The van der Waals surface area contributed by atoms with Gasteiger partial charge in [-0.15, -0.1) is 0 Å². The van der Waals surface area contributed by atoms with Crippen molar-refractivity contribution >= 4 is 11.7 Å². The van der Waals surface area contributed by atoms with Crippen molar-refractivity contribution in [1.29, 1.82) is 0 Å². The molecule has 1 fully saturated rings. The van der Waals surface area contributed by atoms with Crippen molar-refractivity contribution in [3.05, 3.63) is 54.4 Å². The number of benzene rings is 1. The third kappa shape index (κ3) is 4.70. The van der Waals surface area contributed by atoms with Crippen molar-refractivity contribution in [2.75, 3.05) is 25.6 Å². The lowest BCUT2D eigenvalue weighted by atomic mass is 9.88. The molecule has 2 heterocycles. The van der Waals surface area contributed by atoms with E-state index in [1.807, 2.05) is 42.6 Å². The number of ether oxygens (including phenoxy) is 2. The molecule has 25 heavy (non-hydrogen) atoms. The zero-order valence-corrected chi connectivity index (χ0v) is 14.3. The summed E-state index contributed by atoms with van der Waals surface area (Å²) >= 11 is 0. The van der Waals surface area contributed by atoms with Crippen LogP contribution >= 0.6 is 0 Å². The highest BCUT2D eigenvalue weighted by Gasteiger charge is 2.27. The molecule has 2 amide bonds. The number of methoxy groups -OCH3 is 1. The molecular weight excluding hydrogens is 318 g/mol. The number of rotatable bonds is 5. The number of anilines is 1. The number of nitrogens with zero attached hydrogens (tertiary/aromatic N) is 1. The molecule has 132 valence electrons. The molecule has 1 saturated heterocycles. The van der Waals surface area contributed by atoms with Gasteiger partial charge in [-0.25, -0.2) is 4.79 Å². The highest BCUT2D eigenvalue weighted by atomic mass is 16.5. The highest BCUT2D eigenvalue weighted by molar-refractivity contribution is 5.89. The number of hydrogen-bond acceptors (Lipinski definition) is 4. The molecule has 2 N–H and O–H groups in total. The number of hydrogen-bond donors (Lipinski definition) is 2. The first-order chi connectivity index (χ1) is 12.3. The second-order valence-electron chi connectivity index (χ2n) is 6.04. The summed E-state index contributed by atoms with van der Waals surface area (Å²) in [5.74, 6) is 1.08. The summed E-state index contributed by atoms with van der Waals surface area (Å²) < 4.78 is 10.6. The number of amides is 2. The van der Waals surface area contributed by atoms with Crippen molar-refractivity contribution in [1.82, 2.24) is 10.3 Å². The molecule has 0 radical (unpaired) electrons. The maximum Gasteiger partial charge on any atom is 0.319 e. The summed E-state index contributed by atoms with van der Waals surface area (Å²) in [7, 11) is 1.61. The van der Waals surface area contributed by atoms with Crippen LogP contribution in [0.1, 0.15) is 24.4 Å². The zero-order chi connectivity index (χ0) is 17.5. The maximum absolute atomic E-state index is 12.5. The van der Waals surface area contributed by atoms with E-state index in [2.05, 4.69) is 15.6 Å².